The number of para-hydroxylation sites is 1. The zero-order chi connectivity index (χ0) is 19.7. The Morgan fingerprint density at radius 2 is 1.86 bits per heavy atom. The molecule has 28 heavy (non-hydrogen) atoms. The lowest BCUT2D eigenvalue weighted by molar-refractivity contribution is 0.102. The fourth-order valence-corrected chi connectivity index (χ4v) is 4.67. The van der Waals surface area contributed by atoms with E-state index in [9.17, 15) is 13.2 Å². The van der Waals surface area contributed by atoms with Gasteiger partial charge in [0, 0.05) is 41.4 Å². The van der Waals surface area contributed by atoms with E-state index in [0.717, 1.165) is 10.9 Å². The summed E-state index contributed by atoms with van der Waals surface area (Å²) < 4.78 is 29.0. The van der Waals surface area contributed by atoms with E-state index in [0.29, 0.717) is 16.4 Å². The topological polar surface area (TPSA) is 93.1 Å². The predicted octanol–water partition coefficient (Wildman–Crippen LogP) is 3.69. The molecule has 0 saturated carbocycles. The van der Waals surface area contributed by atoms with Crippen molar-refractivity contribution in [2.45, 2.75) is 4.90 Å². The third-order valence-corrected chi connectivity index (χ3v) is 6.39. The number of aryl methyl sites for hydroxylation is 1. The van der Waals surface area contributed by atoms with Gasteiger partial charge in [-0.3, -0.25) is 9.52 Å². The summed E-state index contributed by atoms with van der Waals surface area (Å²) in [6.45, 7) is 0. The summed E-state index contributed by atoms with van der Waals surface area (Å²) in [7, 11) is -1.84. The average Bonchev–Trinajstić information content (AvgIpc) is 3.30. The van der Waals surface area contributed by atoms with Crippen molar-refractivity contribution >= 4 is 49.0 Å². The van der Waals surface area contributed by atoms with E-state index in [-0.39, 0.29) is 10.8 Å². The van der Waals surface area contributed by atoms with Crippen LogP contribution in [0.2, 0.25) is 0 Å². The number of carbonyl (C=O) groups is 1. The first-order valence-electron chi connectivity index (χ1n) is 8.32. The molecule has 9 heteroatoms. The van der Waals surface area contributed by atoms with Gasteiger partial charge in [0.2, 0.25) is 0 Å². The van der Waals surface area contributed by atoms with Gasteiger partial charge >= 0.3 is 0 Å². The number of rotatable bonds is 5. The molecule has 0 unspecified atom stereocenters. The van der Waals surface area contributed by atoms with Crippen molar-refractivity contribution in [3.05, 3.63) is 71.9 Å². The van der Waals surface area contributed by atoms with Crippen LogP contribution in [0.15, 0.2) is 71.2 Å². The zero-order valence-corrected chi connectivity index (χ0v) is 16.4. The monoisotopic (exact) mass is 412 g/mol. The minimum absolute atomic E-state index is 0.0888. The number of fused-ring (bicyclic) bond motifs is 1. The van der Waals surface area contributed by atoms with Gasteiger partial charge in [-0.1, -0.05) is 18.2 Å². The first-order valence-corrected chi connectivity index (χ1v) is 10.7. The van der Waals surface area contributed by atoms with E-state index >= 15 is 0 Å². The highest BCUT2D eigenvalue weighted by atomic mass is 32.2. The van der Waals surface area contributed by atoms with E-state index < -0.39 is 10.0 Å². The fourth-order valence-electron chi connectivity index (χ4n) is 2.89. The maximum absolute atomic E-state index is 12.7. The molecule has 0 aliphatic carbocycles. The molecular formula is C19H16N4O3S2. The molecule has 4 rings (SSSR count). The lowest BCUT2D eigenvalue weighted by atomic mass is 10.1. The highest BCUT2D eigenvalue weighted by molar-refractivity contribution is 7.93. The van der Waals surface area contributed by atoms with Gasteiger partial charge in [-0.2, -0.15) is 0 Å². The van der Waals surface area contributed by atoms with Crippen molar-refractivity contribution in [1.82, 2.24) is 9.55 Å². The molecule has 1 amide bonds. The zero-order valence-electron chi connectivity index (χ0n) is 14.8. The van der Waals surface area contributed by atoms with Crippen LogP contribution in [0.1, 0.15) is 10.4 Å². The predicted molar refractivity (Wildman–Crippen MR) is 110 cm³/mol. The van der Waals surface area contributed by atoms with E-state index in [4.69, 9.17) is 0 Å². The van der Waals surface area contributed by atoms with Crippen LogP contribution in [0, 0.1) is 0 Å². The van der Waals surface area contributed by atoms with Crippen molar-refractivity contribution in [3.63, 3.8) is 0 Å². The molecule has 2 heterocycles. The number of aromatic nitrogens is 2. The standard InChI is InChI=1S/C19H16N4O3S2/c1-23-12-16(15-4-2-3-5-17(15)23)18(24)21-13-6-8-14(9-7-13)28(25,26)22-19-20-10-11-27-19/h2-12H,1H3,(H,20,22)(H,21,24). The first-order chi connectivity index (χ1) is 13.4. The van der Waals surface area contributed by atoms with Gasteiger partial charge in [0.1, 0.15) is 0 Å². The third-order valence-electron chi connectivity index (χ3n) is 4.22. The van der Waals surface area contributed by atoms with Crippen LogP contribution in [0.3, 0.4) is 0 Å². The highest BCUT2D eigenvalue weighted by Crippen LogP contribution is 2.23. The Kier molecular flexibility index (Phi) is 4.62. The molecule has 0 spiro atoms. The molecule has 0 saturated heterocycles. The van der Waals surface area contributed by atoms with Crippen LogP contribution in [-0.2, 0) is 17.1 Å². The van der Waals surface area contributed by atoms with Crippen LogP contribution in [0.4, 0.5) is 10.8 Å². The van der Waals surface area contributed by atoms with E-state index in [1.165, 1.54) is 29.7 Å². The van der Waals surface area contributed by atoms with Gasteiger partial charge in [-0.25, -0.2) is 13.4 Å². The third kappa shape index (κ3) is 3.49. The number of carbonyl (C=O) groups excluding carboxylic acids is 1. The van der Waals surface area contributed by atoms with Gasteiger partial charge in [-0.05, 0) is 30.3 Å². The van der Waals surface area contributed by atoms with Gasteiger partial charge in [0.15, 0.2) is 5.13 Å². The van der Waals surface area contributed by atoms with Crippen molar-refractivity contribution in [2.75, 3.05) is 10.0 Å². The Morgan fingerprint density at radius 1 is 1.11 bits per heavy atom. The Hall–Kier alpha value is -3.17. The normalized spacial score (nSPS) is 11.5. The SMILES string of the molecule is Cn1cc(C(=O)Nc2ccc(S(=O)(=O)Nc3nccs3)cc2)c2ccccc21. The largest absolute Gasteiger partial charge is 0.350 e. The lowest BCUT2D eigenvalue weighted by Crippen LogP contribution is -2.14. The molecule has 0 radical (unpaired) electrons. The number of anilines is 2. The van der Waals surface area contributed by atoms with Crippen molar-refractivity contribution in [1.29, 1.82) is 0 Å². The number of nitrogens with zero attached hydrogens (tertiary/aromatic N) is 2. The number of thiazole rings is 1. The highest BCUT2D eigenvalue weighted by Gasteiger charge is 2.17. The second-order valence-corrected chi connectivity index (χ2v) is 8.67. The molecule has 4 aromatic rings. The van der Waals surface area contributed by atoms with Gasteiger partial charge in [0.25, 0.3) is 15.9 Å². The number of amides is 1. The Labute approximate surface area is 165 Å². The Balaban J connectivity index is 1.53. The summed E-state index contributed by atoms with van der Waals surface area (Å²) in [5.41, 5.74) is 2.02. The number of sulfonamides is 1. The minimum Gasteiger partial charge on any atom is -0.350 e. The van der Waals surface area contributed by atoms with Crippen LogP contribution in [0.25, 0.3) is 10.9 Å². The lowest BCUT2D eigenvalue weighted by Gasteiger charge is -2.08. The maximum atomic E-state index is 12.7. The average molecular weight is 412 g/mol. The molecule has 0 aliphatic rings. The maximum Gasteiger partial charge on any atom is 0.263 e. The van der Waals surface area contributed by atoms with Gasteiger partial charge in [0.05, 0.1) is 10.5 Å². The number of nitrogens with one attached hydrogen (secondary N) is 2. The Morgan fingerprint density at radius 3 is 2.57 bits per heavy atom. The molecular weight excluding hydrogens is 396 g/mol. The molecule has 2 aromatic heterocycles. The number of hydrogen-bond donors (Lipinski definition) is 2. The van der Waals surface area contributed by atoms with E-state index in [2.05, 4.69) is 15.0 Å². The van der Waals surface area contributed by atoms with Gasteiger partial charge < -0.3 is 9.88 Å². The van der Waals surface area contributed by atoms with E-state index in [1.54, 1.807) is 23.7 Å². The molecule has 0 aliphatic heterocycles. The van der Waals surface area contributed by atoms with Crippen LogP contribution < -0.4 is 10.0 Å². The fraction of sp³-hybridized carbons (Fsp3) is 0.0526. The molecule has 142 valence electrons. The first kappa shape index (κ1) is 18.2. The molecule has 0 bridgehead atoms. The van der Waals surface area contributed by atoms with Crippen LogP contribution in [-0.4, -0.2) is 23.9 Å². The number of benzene rings is 2. The summed E-state index contributed by atoms with van der Waals surface area (Å²) in [5.74, 6) is -0.256. The Bertz CT molecular complexity index is 1240. The van der Waals surface area contributed by atoms with Crippen molar-refractivity contribution in [2.24, 2.45) is 7.05 Å². The molecule has 0 atom stereocenters. The molecule has 7 nitrogen and oxygen atoms in total. The summed E-state index contributed by atoms with van der Waals surface area (Å²) in [5, 5.41) is 5.65. The number of hydrogen-bond acceptors (Lipinski definition) is 5. The summed E-state index contributed by atoms with van der Waals surface area (Å²) in [6.07, 6.45) is 3.30. The van der Waals surface area contributed by atoms with Gasteiger partial charge in [-0.15, -0.1) is 11.3 Å². The van der Waals surface area contributed by atoms with Crippen molar-refractivity contribution < 1.29 is 13.2 Å². The smallest absolute Gasteiger partial charge is 0.263 e. The summed E-state index contributed by atoms with van der Waals surface area (Å²) >= 11 is 1.20. The summed E-state index contributed by atoms with van der Waals surface area (Å²) in [4.78, 5) is 16.7. The van der Waals surface area contributed by atoms with Crippen molar-refractivity contribution in [3.8, 4) is 0 Å². The second kappa shape index (κ2) is 7.10. The summed E-state index contributed by atoms with van der Waals surface area (Å²) in [6, 6.07) is 13.6. The quantitative estimate of drug-likeness (QED) is 0.523. The minimum atomic E-state index is -3.72. The second-order valence-electron chi connectivity index (χ2n) is 6.09. The molecule has 2 N–H and O–H groups in total. The van der Waals surface area contributed by atoms with Crippen LogP contribution in [0.5, 0.6) is 0 Å². The van der Waals surface area contributed by atoms with Crippen LogP contribution >= 0.6 is 11.3 Å². The molecule has 0 fully saturated rings. The molecule has 2 aromatic carbocycles. The van der Waals surface area contributed by atoms with E-state index in [1.807, 2.05) is 35.9 Å².